The summed E-state index contributed by atoms with van der Waals surface area (Å²) in [6.07, 6.45) is 0.732. The number of fused-ring (bicyclic) bond motifs is 1. The molecular formula is C23H19ClF2N4O3S2. The lowest BCUT2D eigenvalue weighted by Gasteiger charge is -2.27. The van der Waals surface area contributed by atoms with Crippen LogP contribution < -0.4 is 0 Å². The van der Waals surface area contributed by atoms with Crippen molar-refractivity contribution in [2.75, 3.05) is 24.6 Å². The third kappa shape index (κ3) is 5.12. The van der Waals surface area contributed by atoms with Crippen LogP contribution >= 0.6 is 23.4 Å². The summed E-state index contributed by atoms with van der Waals surface area (Å²) in [7, 11) is -3.02. The molecule has 2 aliphatic rings. The van der Waals surface area contributed by atoms with E-state index in [0.717, 1.165) is 16.5 Å². The molecule has 1 saturated heterocycles. The molecule has 1 fully saturated rings. The van der Waals surface area contributed by atoms with Gasteiger partial charge in [-0.25, -0.2) is 17.2 Å². The monoisotopic (exact) mass is 536 g/mol. The minimum atomic E-state index is -3.02. The Morgan fingerprint density at radius 2 is 1.91 bits per heavy atom. The van der Waals surface area contributed by atoms with E-state index in [1.165, 1.54) is 17.8 Å². The maximum Gasteiger partial charge on any atom is 0.286 e. The van der Waals surface area contributed by atoms with E-state index in [1.807, 2.05) is 23.1 Å². The highest BCUT2D eigenvalue weighted by molar-refractivity contribution is 8.18. The van der Waals surface area contributed by atoms with E-state index >= 15 is 0 Å². The lowest BCUT2D eigenvalue weighted by atomic mass is 10.1. The van der Waals surface area contributed by atoms with Gasteiger partial charge in [0.1, 0.15) is 0 Å². The fourth-order valence-corrected chi connectivity index (χ4v) is 6.33. The van der Waals surface area contributed by atoms with Crippen molar-refractivity contribution in [3.8, 4) is 0 Å². The summed E-state index contributed by atoms with van der Waals surface area (Å²) in [6.45, 7) is 0.805. The van der Waals surface area contributed by atoms with Gasteiger partial charge in [0, 0.05) is 29.1 Å². The standard InChI is InChI=1S/C23H19ClF2N4O3S2/c24-17-3-2-15(18(11-17)21(25)26)13-30-19-4-1-14(9-16(19)12-27-30)10-20-22(31)28-23(34-20)29-5-7-35(32,33)8-6-29/h1-4,9-12,21H,5-8,13H2. The average molecular weight is 537 g/mol. The van der Waals surface area contributed by atoms with Crippen molar-refractivity contribution in [1.82, 2.24) is 14.7 Å². The molecule has 0 unspecified atom stereocenters. The Kier molecular flexibility index (Phi) is 6.41. The number of amidine groups is 1. The molecular weight excluding hydrogens is 518 g/mol. The SMILES string of the molecule is O=C1N=C(N2CCS(=O)(=O)CC2)SC1=Cc1ccc2c(cnn2Cc2ccc(Cl)cc2C(F)F)c1. The van der Waals surface area contributed by atoms with Crippen LogP contribution in [0.15, 0.2) is 52.5 Å². The van der Waals surface area contributed by atoms with Gasteiger partial charge in [-0.05, 0) is 53.2 Å². The first-order valence-corrected chi connectivity index (χ1v) is 13.7. The lowest BCUT2D eigenvalue weighted by Crippen LogP contribution is -2.42. The Hall–Kier alpha value is -2.76. The summed E-state index contributed by atoms with van der Waals surface area (Å²) < 4.78 is 51.8. The molecule has 1 amide bonds. The maximum absolute atomic E-state index is 13.4. The average Bonchev–Trinajstić information content (AvgIpc) is 3.37. The van der Waals surface area contributed by atoms with Gasteiger partial charge in [0.05, 0.1) is 34.7 Å². The number of sulfone groups is 1. The number of alkyl halides is 2. The summed E-state index contributed by atoms with van der Waals surface area (Å²) in [4.78, 5) is 18.8. The van der Waals surface area contributed by atoms with Crippen molar-refractivity contribution >= 4 is 61.3 Å². The molecule has 0 atom stereocenters. The molecule has 2 aliphatic heterocycles. The van der Waals surface area contributed by atoms with Crippen LogP contribution in [0.1, 0.15) is 23.1 Å². The number of hydrogen-bond acceptors (Lipinski definition) is 6. The zero-order valence-electron chi connectivity index (χ0n) is 18.2. The third-order valence-corrected chi connectivity index (χ3v) is 8.74. The highest BCUT2D eigenvalue weighted by Gasteiger charge is 2.30. The number of amides is 1. The van der Waals surface area contributed by atoms with Gasteiger partial charge in [0.15, 0.2) is 15.0 Å². The van der Waals surface area contributed by atoms with Crippen molar-refractivity contribution < 1.29 is 22.0 Å². The number of benzene rings is 2. The van der Waals surface area contributed by atoms with Crippen molar-refractivity contribution in [1.29, 1.82) is 0 Å². The van der Waals surface area contributed by atoms with Crippen LogP contribution in [0.3, 0.4) is 0 Å². The maximum atomic E-state index is 13.4. The van der Waals surface area contributed by atoms with Gasteiger partial charge < -0.3 is 4.90 Å². The Morgan fingerprint density at radius 3 is 2.66 bits per heavy atom. The fourth-order valence-electron chi connectivity index (χ4n) is 3.98. The van der Waals surface area contributed by atoms with Crippen molar-refractivity contribution in [3.63, 3.8) is 0 Å². The molecule has 12 heteroatoms. The molecule has 0 aliphatic carbocycles. The Morgan fingerprint density at radius 1 is 1.14 bits per heavy atom. The summed E-state index contributed by atoms with van der Waals surface area (Å²) in [5.41, 5.74) is 1.84. The molecule has 0 radical (unpaired) electrons. The number of thioether (sulfide) groups is 1. The molecule has 5 rings (SSSR count). The number of rotatable bonds is 4. The van der Waals surface area contributed by atoms with Crippen LogP contribution in [-0.4, -0.2) is 58.8 Å². The number of carbonyl (C=O) groups is 1. The second-order valence-electron chi connectivity index (χ2n) is 8.21. The van der Waals surface area contributed by atoms with Crippen molar-refractivity contribution in [3.05, 3.63) is 69.2 Å². The number of nitrogens with zero attached hydrogens (tertiary/aromatic N) is 4. The quantitative estimate of drug-likeness (QED) is 0.460. The smallest absolute Gasteiger partial charge is 0.286 e. The van der Waals surface area contributed by atoms with Crippen molar-refractivity contribution in [2.45, 2.75) is 13.0 Å². The summed E-state index contributed by atoms with van der Waals surface area (Å²) in [5.74, 6) is -0.263. The van der Waals surface area contributed by atoms with E-state index in [0.29, 0.717) is 28.7 Å². The van der Waals surface area contributed by atoms with Gasteiger partial charge in [-0.3, -0.25) is 9.48 Å². The number of carbonyl (C=O) groups excluding carboxylic acids is 1. The zero-order valence-corrected chi connectivity index (χ0v) is 20.6. The van der Waals surface area contributed by atoms with E-state index in [4.69, 9.17) is 11.6 Å². The predicted molar refractivity (Wildman–Crippen MR) is 133 cm³/mol. The lowest BCUT2D eigenvalue weighted by molar-refractivity contribution is -0.113. The molecule has 0 bridgehead atoms. The molecule has 0 N–H and O–H groups in total. The van der Waals surface area contributed by atoms with E-state index < -0.39 is 16.3 Å². The first-order chi connectivity index (χ1) is 16.7. The second-order valence-corrected chi connectivity index (χ2v) is 12.0. The molecule has 182 valence electrons. The predicted octanol–water partition coefficient (Wildman–Crippen LogP) is 4.38. The molecule has 3 heterocycles. The summed E-state index contributed by atoms with van der Waals surface area (Å²) in [5, 5.41) is 5.92. The zero-order chi connectivity index (χ0) is 24.7. The van der Waals surface area contributed by atoms with Gasteiger partial charge in [-0.15, -0.1) is 0 Å². The van der Waals surface area contributed by atoms with Gasteiger partial charge in [-0.1, -0.05) is 23.7 Å². The van der Waals surface area contributed by atoms with E-state index in [-0.39, 0.29) is 34.5 Å². The molecule has 2 aromatic carbocycles. The van der Waals surface area contributed by atoms with Crippen LogP contribution in [0.4, 0.5) is 8.78 Å². The summed E-state index contributed by atoms with van der Waals surface area (Å²) >= 11 is 7.11. The number of aromatic nitrogens is 2. The Labute approximate surface area is 209 Å². The van der Waals surface area contributed by atoms with E-state index in [9.17, 15) is 22.0 Å². The van der Waals surface area contributed by atoms with Crippen LogP contribution in [0, 0.1) is 0 Å². The van der Waals surface area contributed by atoms with Gasteiger partial charge in [0.2, 0.25) is 0 Å². The van der Waals surface area contributed by atoms with Gasteiger partial charge in [-0.2, -0.15) is 10.1 Å². The topological polar surface area (TPSA) is 84.6 Å². The highest BCUT2D eigenvalue weighted by atomic mass is 35.5. The highest BCUT2D eigenvalue weighted by Crippen LogP contribution is 2.32. The number of hydrogen-bond donors (Lipinski definition) is 0. The molecule has 3 aromatic rings. The summed E-state index contributed by atoms with van der Waals surface area (Å²) in [6, 6.07) is 9.94. The van der Waals surface area contributed by atoms with Gasteiger partial charge >= 0.3 is 0 Å². The van der Waals surface area contributed by atoms with Crippen LogP contribution in [-0.2, 0) is 21.2 Å². The van der Waals surface area contributed by atoms with Crippen LogP contribution in [0.25, 0.3) is 17.0 Å². The molecule has 1 aromatic heterocycles. The number of aliphatic imine (C=N–C) groups is 1. The Balaban J connectivity index is 1.34. The largest absolute Gasteiger partial charge is 0.349 e. The second kappa shape index (κ2) is 9.36. The van der Waals surface area contributed by atoms with E-state index in [2.05, 4.69) is 10.1 Å². The minimum Gasteiger partial charge on any atom is -0.349 e. The van der Waals surface area contributed by atoms with Crippen LogP contribution in [0.5, 0.6) is 0 Å². The number of halogens is 3. The first kappa shape index (κ1) is 24.0. The minimum absolute atomic E-state index is 0.0509. The normalized spacial score (nSPS) is 19.2. The fraction of sp³-hybridized carbons (Fsp3) is 0.261. The molecule has 7 nitrogen and oxygen atoms in total. The van der Waals surface area contributed by atoms with E-state index in [1.54, 1.807) is 29.1 Å². The molecule has 0 saturated carbocycles. The molecule has 35 heavy (non-hydrogen) atoms. The first-order valence-electron chi connectivity index (χ1n) is 10.7. The van der Waals surface area contributed by atoms with Gasteiger partial charge in [0.25, 0.3) is 12.3 Å². The Bertz CT molecular complexity index is 1490. The molecule has 0 spiro atoms. The third-order valence-electron chi connectivity index (χ3n) is 5.85. The van der Waals surface area contributed by atoms with Crippen LogP contribution in [0.2, 0.25) is 5.02 Å². The van der Waals surface area contributed by atoms with Crippen molar-refractivity contribution in [2.24, 2.45) is 4.99 Å².